The van der Waals surface area contributed by atoms with E-state index in [1.807, 2.05) is 11.5 Å². The highest BCUT2D eigenvalue weighted by Gasteiger charge is 2.35. The Morgan fingerprint density at radius 2 is 2.29 bits per heavy atom. The molecule has 2 rings (SSSR count). The average molecular weight is 236 g/mol. The predicted molar refractivity (Wildman–Crippen MR) is 60.9 cm³/mol. The van der Waals surface area contributed by atoms with Crippen LogP contribution in [0.3, 0.4) is 0 Å². The zero-order valence-electron chi connectivity index (χ0n) is 10.0. The van der Waals surface area contributed by atoms with Gasteiger partial charge in [0.15, 0.2) is 0 Å². The molecule has 1 aromatic heterocycles. The Bertz CT molecular complexity index is 440. The van der Waals surface area contributed by atoms with Crippen molar-refractivity contribution in [1.82, 2.24) is 19.8 Å². The van der Waals surface area contributed by atoms with Crippen molar-refractivity contribution in [3.8, 4) is 0 Å². The first kappa shape index (κ1) is 11.8. The lowest BCUT2D eigenvalue weighted by molar-refractivity contribution is -0.137. The first-order valence-corrected chi connectivity index (χ1v) is 5.66. The topological polar surface area (TPSA) is 67.2 Å². The number of imidazole rings is 1. The summed E-state index contributed by atoms with van der Waals surface area (Å²) in [5.74, 6) is -0.283. The molecule has 17 heavy (non-hydrogen) atoms. The average Bonchev–Trinajstić information content (AvgIpc) is 2.87. The molecule has 0 aliphatic carbocycles. The molecule has 1 unspecified atom stereocenters. The number of nitrogens with one attached hydrogen (secondary N) is 1. The van der Waals surface area contributed by atoms with Crippen molar-refractivity contribution < 1.29 is 9.59 Å². The minimum absolute atomic E-state index is 0.128. The standard InChI is InChI=1S/C11H16N4O2/c1-3-15-7-12-5-8(15)6-13-9-4-10(16)14(2)11(9)17/h5,7,9,13H,3-4,6H2,1-2H3. The van der Waals surface area contributed by atoms with Crippen LogP contribution in [0.2, 0.25) is 0 Å². The van der Waals surface area contributed by atoms with Gasteiger partial charge in [0.2, 0.25) is 11.8 Å². The quantitative estimate of drug-likeness (QED) is 0.732. The number of likely N-dealkylation sites (tertiary alicyclic amines) is 1. The van der Waals surface area contributed by atoms with E-state index in [0.717, 1.165) is 12.2 Å². The van der Waals surface area contributed by atoms with Crippen molar-refractivity contribution in [2.45, 2.75) is 32.5 Å². The number of carbonyl (C=O) groups excluding carboxylic acids is 2. The first-order chi connectivity index (χ1) is 8.13. The van der Waals surface area contributed by atoms with Crippen LogP contribution in [0.15, 0.2) is 12.5 Å². The zero-order valence-corrected chi connectivity index (χ0v) is 10.0. The molecule has 0 aromatic carbocycles. The van der Waals surface area contributed by atoms with Crippen molar-refractivity contribution >= 4 is 11.8 Å². The molecule has 2 amide bonds. The Morgan fingerprint density at radius 1 is 1.53 bits per heavy atom. The van der Waals surface area contributed by atoms with E-state index in [-0.39, 0.29) is 18.2 Å². The van der Waals surface area contributed by atoms with Gasteiger partial charge >= 0.3 is 0 Å². The summed E-state index contributed by atoms with van der Waals surface area (Å²) in [5.41, 5.74) is 1.02. The van der Waals surface area contributed by atoms with Crippen LogP contribution in [-0.4, -0.2) is 39.4 Å². The number of nitrogens with zero attached hydrogens (tertiary/aromatic N) is 3. The van der Waals surface area contributed by atoms with Crippen LogP contribution in [0.25, 0.3) is 0 Å². The minimum atomic E-state index is -0.396. The lowest BCUT2D eigenvalue weighted by Crippen LogP contribution is -2.37. The number of aryl methyl sites for hydroxylation is 1. The van der Waals surface area contributed by atoms with Gasteiger partial charge in [0.25, 0.3) is 0 Å². The van der Waals surface area contributed by atoms with Gasteiger partial charge in [0.05, 0.1) is 24.5 Å². The number of hydrogen-bond donors (Lipinski definition) is 1. The number of carbonyl (C=O) groups is 2. The highest BCUT2D eigenvalue weighted by Crippen LogP contribution is 2.11. The van der Waals surface area contributed by atoms with Crippen molar-refractivity contribution in [3.05, 3.63) is 18.2 Å². The summed E-state index contributed by atoms with van der Waals surface area (Å²) in [6, 6.07) is -0.396. The summed E-state index contributed by atoms with van der Waals surface area (Å²) in [6.45, 7) is 3.42. The van der Waals surface area contributed by atoms with E-state index >= 15 is 0 Å². The van der Waals surface area contributed by atoms with E-state index < -0.39 is 6.04 Å². The molecule has 1 fully saturated rings. The number of rotatable bonds is 4. The second-order valence-corrected chi connectivity index (χ2v) is 4.10. The summed E-state index contributed by atoms with van der Waals surface area (Å²) in [4.78, 5) is 28.2. The monoisotopic (exact) mass is 236 g/mol. The third-order valence-electron chi connectivity index (χ3n) is 3.05. The largest absolute Gasteiger partial charge is 0.334 e. The van der Waals surface area contributed by atoms with E-state index in [1.54, 1.807) is 12.5 Å². The molecule has 1 saturated heterocycles. The van der Waals surface area contributed by atoms with Gasteiger partial charge in [0, 0.05) is 26.3 Å². The molecule has 1 N–H and O–H groups in total. The Hall–Kier alpha value is -1.69. The lowest BCUT2D eigenvalue weighted by atomic mass is 10.2. The summed E-state index contributed by atoms with van der Waals surface area (Å²) >= 11 is 0. The highest BCUT2D eigenvalue weighted by molar-refractivity contribution is 6.05. The van der Waals surface area contributed by atoms with Gasteiger partial charge in [-0.15, -0.1) is 0 Å². The number of imide groups is 1. The molecule has 1 aromatic rings. The van der Waals surface area contributed by atoms with E-state index in [2.05, 4.69) is 10.3 Å². The van der Waals surface area contributed by atoms with Gasteiger partial charge < -0.3 is 4.57 Å². The van der Waals surface area contributed by atoms with Crippen LogP contribution in [0.4, 0.5) is 0 Å². The maximum absolute atomic E-state index is 11.6. The summed E-state index contributed by atoms with van der Waals surface area (Å²) in [5, 5.41) is 3.10. The SMILES string of the molecule is CCn1cncc1CNC1CC(=O)N(C)C1=O. The summed E-state index contributed by atoms with van der Waals surface area (Å²) < 4.78 is 2.00. The normalized spacial score (nSPS) is 20.4. The van der Waals surface area contributed by atoms with E-state index in [1.165, 1.54) is 11.9 Å². The molecule has 6 nitrogen and oxygen atoms in total. The maximum atomic E-state index is 11.6. The Kier molecular flexibility index (Phi) is 3.23. The van der Waals surface area contributed by atoms with Gasteiger partial charge in [-0.05, 0) is 6.92 Å². The van der Waals surface area contributed by atoms with Gasteiger partial charge in [-0.1, -0.05) is 0 Å². The van der Waals surface area contributed by atoms with Crippen LogP contribution < -0.4 is 5.32 Å². The van der Waals surface area contributed by atoms with Crippen molar-refractivity contribution in [2.75, 3.05) is 7.05 Å². The van der Waals surface area contributed by atoms with Gasteiger partial charge in [-0.2, -0.15) is 0 Å². The molecule has 0 bridgehead atoms. The fraction of sp³-hybridized carbons (Fsp3) is 0.545. The Labute approximate surface area is 99.6 Å². The molecule has 92 valence electrons. The summed E-state index contributed by atoms with van der Waals surface area (Å²) in [7, 11) is 1.52. The van der Waals surface area contributed by atoms with Gasteiger partial charge in [-0.25, -0.2) is 4.98 Å². The van der Waals surface area contributed by atoms with Crippen molar-refractivity contribution in [3.63, 3.8) is 0 Å². The molecule has 1 atom stereocenters. The maximum Gasteiger partial charge on any atom is 0.246 e. The molecular weight excluding hydrogens is 220 g/mol. The number of hydrogen-bond acceptors (Lipinski definition) is 4. The zero-order chi connectivity index (χ0) is 12.4. The fourth-order valence-corrected chi connectivity index (χ4v) is 1.92. The fourth-order valence-electron chi connectivity index (χ4n) is 1.92. The number of aromatic nitrogens is 2. The second kappa shape index (κ2) is 4.67. The molecule has 1 aliphatic heterocycles. The van der Waals surface area contributed by atoms with Crippen LogP contribution in [0.5, 0.6) is 0 Å². The van der Waals surface area contributed by atoms with Crippen LogP contribution in [0, 0.1) is 0 Å². The molecule has 6 heteroatoms. The third kappa shape index (κ3) is 2.21. The highest BCUT2D eigenvalue weighted by atomic mass is 16.2. The Morgan fingerprint density at radius 3 is 2.88 bits per heavy atom. The molecule has 0 spiro atoms. The van der Waals surface area contributed by atoms with E-state index in [4.69, 9.17) is 0 Å². The Balaban J connectivity index is 1.95. The second-order valence-electron chi connectivity index (χ2n) is 4.10. The van der Waals surface area contributed by atoms with Crippen LogP contribution in [0.1, 0.15) is 19.0 Å². The predicted octanol–water partition coefficient (Wildman–Crippen LogP) is -0.250. The van der Waals surface area contributed by atoms with Crippen molar-refractivity contribution in [1.29, 1.82) is 0 Å². The molecule has 0 radical (unpaired) electrons. The van der Waals surface area contributed by atoms with Crippen LogP contribution >= 0.6 is 0 Å². The minimum Gasteiger partial charge on any atom is -0.334 e. The molecular formula is C11H16N4O2. The number of amides is 2. The van der Waals surface area contributed by atoms with E-state index in [0.29, 0.717) is 6.54 Å². The summed E-state index contributed by atoms with van der Waals surface area (Å²) in [6.07, 6.45) is 3.77. The van der Waals surface area contributed by atoms with Gasteiger partial charge in [0.1, 0.15) is 0 Å². The smallest absolute Gasteiger partial charge is 0.246 e. The van der Waals surface area contributed by atoms with E-state index in [9.17, 15) is 9.59 Å². The first-order valence-electron chi connectivity index (χ1n) is 5.66. The van der Waals surface area contributed by atoms with Crippen LogP contribution in [-0.2, 0) is 22.7 Å². The third-order valence-corrected chi connectivity index (χ3v) is 3.05. The molecule has 0 saturated carbocycles. The van der Waals surface area contributed by atoms with Crippen molar-refractivity contribution in [2.24, 2.45) is 0 Å². The van der Waals surface area contributed by atoms with Gasteiger partial charge in [-0.3, -0.25) is 19.8 Å². The molecule has 1 aliphatic rings. The number of likely N-dealkylation sites (N-methyl/N-ethyl adjacent to an activating group) is 1. The molecule has 2 heterocycles. The lowest BCUT2D eigenvalue weighted by Gasteiger charge is -2.11.